The molecule has 8 heteroatoms. The van der Waals surface area contributed by atoms with Crippen molar-refractivity contribution in [2.75, 3.05) is 18.9 Å². The lowest BCUT2D eigenvalue weighted by Crippen LogP contribution is -2.44. The minimum absolute atomic E-state index is 0.00394. The molecular formula is C40H36N2O5S. The molecule has 0 heterocycles. The smallest absolute Gasteiger partial charge is 0.407 e. The number of carboxylic acid groups (broad SMARTS) is 1. The number of amides is 2. The van der Waals surface area contributed by atoms with Crippen molar-refractivity contribution in [3.8, 4) is 11.1 Å². The number of rotatable bonds is 13. The van der Waals surface area contributed by atoms with Crippen molar-refractivity contribution in [3.05, 3.63) is 167 Å². The SMILES string of the molecule is O=C(CCNC(=O)OCC1c2ccccc2-c2ccccc21)N[C@@H](CSC(c1ccccc1)(c1ccccc1)c1ccccc1)C(=O)O. The number of alkyl carbamates (subject to hydrolysis) is 1. The molecule has 0 saturated carbocycles. The number of aliphatic carboxylic acids is 1. The molecule has 5 aromatic rings. The molecule has 7 nitrogen and oxygen atoms in total. The summed E-state index contributed by atoms with van der Waals surface area (Å²) in [4.78, 5) is 37.9. The van der Waals surface area contributed by atoms with Gasteiger partial charge in [0.1, 0.15) is 12.6 Å². The highest BCUT2D eigenvalue weighted by Gasteiger charge is 2.38. The van der Waals surface area contributed by atoms with Crippen LogP contribution in [0.15, 0.2) is 140 Å². The highest BCUT2D eigenvalue weighted by atomic mass is 32.2. The van der Waals surface area contributed by atoms with E-state index >= 15 is 0 Å². The van der Waals surface area contributed by atoms with Crippen LogP contribution in [-0.2, 0) is 19.1 Å². The Labute approximate surface area is 284 Å². The van der Waals surface area contributed by atoms with E-state index in [2.05, 4.69) is 22.8 Å². The van der Waals surface area contributed by atoms with Gasteiger partial charge in [-0.15, -0.1) is 11.8 Å². The van der Waals surface area contributed by atoms with Gasteiger partial charge in [-0.1, -0.05) is 140 Å². The first-order valence-corrected chi connectivity index (χ1v) is 16.9. The molecule has 0 fully saturated rings. The third kappa shape index (κ3) is 6.99. The second kappa shape index (κ2) is 15.0. The van der Waals surface area contributed by atoms with E-state index in [1.54, 1.807) is 0 Å². The maximum absolute atomic E-state index is 12.9. The number of hydrogen-bond acceptors (Lipinski definition) is 5. The van der Waals surface area contributed by atoms with Gasteiger partial charge < -0.3 is 20.5 Å². The predicted molar refractivity (Wildman–Crippen MR) is 189 cm³/mol. The van der Waals surface area contributed by atoms with Crippen molar-refractivity contribution < 1.29 is 24.2 Å². The van der Waals surface area contributed by atoms with Crippen LogP contribution >= 0.6 is 11.8 Å². The second-order valence-corrected chi connectivity index (χ2v) is 12.8. The van der Waals surface area contributed by atoms with Crippen LogP contribution < -0.4 is 10.6 Å². The van der Waals surface area contributed by atoms with Crippen LogP contribution in [0.25, 0.3) is 11.1 Å². The van der Waals surface area contributed by atoms with Gasteiger partial charge >= 0.3 is 12.1 Å². The number of thioether (sulfide) groups is 1. The zero-order valence-electron chi connectivity index (χ0n) is 26.3. The van der Waals surface area contributed by atoms with Crippen molar-refractivity contribution >= 4 is 29.7 Å². The summed E-state index contributed by atoms with van der Waals surface area (Å²) < 4.78 is 4.84. The van der Waals surface area contributed by atoms with Crippen molar-refractivity contribution in [1.82, 2.24) is 10.6 Å². The van der Waals surface area contributed by atoms with E-state index in [4.69, 9.17) is 4.74 Å². The summed E-state index contributed by atoms with van der Waals surface area (Å²) >= 11 is 1.46. The topological polar surface area (TPSA) is 105 Å². The largest absolute Gasteiger partial charge is 0.480 e. The molecule has 0 unspecified atom stereocenters. The Morgan fingerprint density at radius 3 is 1.62 bits per heavy atom. The Morgan fingerprint density at radius 2 is 1.15 bits per heavy atom. The van der Waals surface area contributed by atoms with E-state index in [9.17, 15) is 19.5 Å². The lowest BCUT2D eigenvalue weighted by Gasteiger charge is -2.36. The average molecular weight is 657 g/mol. The summed E-state index contributed by atoms with van der Waals surface area (Å²) in [5.74, 6) is -1.59. The van der Waals surface area contributed by atoms with Crippen LogP contribution in [0, 0.1) is 0 Å². The Bertz CT molecular complexity index is 1730. The normalized spacial score (nSPS) is 12.8. The molecule has 1 aliphatic rings. The fraction of sp³-hybridized carbons (Fsp3) is 0.175. The molecule has 0 aliphatic heterocycles. The van der Waals surface area contributed by atoms with Gasteiger partial charge in [0.05, 0.1) is 4.75 Å². The number of hydrogen-bond donors (Lipinski definition) is 3. The van der Waals surface area contributed by atoms with Crippen LogP contribution in [0.1, 0.15) is 40.2 Å². The molecule has 0 saturated heterocycles. The number of fused-ring (bicyclic) bond motifs is 3. The maximum Gasteiger partial charge on any atom is 0.407 e. The minimum Gasteiger partial charge on any atom is -0.480 e. The Balaban J connectivity index is 1.07. The lowest BCUT2D eigenvalue weighted by atomic mass is 9.84. The zero-order chi connectivity index (χ0) is 33.3. The number of carbonyl (C=O) groups excluding carboxylic acids is 2. The molecule has 6 rings (SSSR count). The van der Waals surface area contributed by atoms with E-state index in [1.807, 2.05) is 127 Å². The zero-order valence-corrected chi connectivity index (χ0v) is 27.1. The van der Waals surface area contributed by atoms with Gasteiger partial charge in [-0.2, -0.15) is 0 Å². The quantitative estimate of drug-likeness (QED) is 0.116. The van der Waals surface area contributed by atoms with Gasteiger partial charge in [0.15, 0.2) is 0 Å². The van der Waals surface area contributed by atoms with Gasteiger partial charge in [0.2, 0.25) is 5.91 Å². The van der Waals surface area contributed by atoms with Gasteiger partial charge in [-0.3, -0.25) is 4.79 Å². The molecule has 2 amide bonds. The molecule has 242 valence electrons. The molecule has 0 aromatic heterocycles. The van der Waals surface area contributed by atoms with Crippen molar-refractivity contribution in [1.29, 1.82) is 0 Å². The van der Waals surface area contributed by atoms with Crippen molar-refractivity contribution in [2.24, 2.45) is 0 Å². The van der Waals surface area contributed by atoms with E-state index in [0.29, 0.717) is 0 Å². The third-order valence-electron chi connectivity index (χ3n) is 8.61. The molecule has 48 heavy (non-hydrogen) atoms. The van der Waals surface area contributed by atoms with E-state index < -0.39 is 28.8 Å². The van der Waals surface area contributed by atoms with E-state index in [0.717, 1.165) is 38.9 Å². The molecule has 1 atom stereocenters. The third-order valence-corrected chi connectivity index (χ3v) is 10.2. The average Bonchev–Trinajstić information content (AvgIpc) is 3.45. The summed E-state index contributed by atoms with van der Waals surface area (Å²) in [6, 6.07) is 44.9. The number of carboxylic acids is 1. The fourth-order valence-corrected chi connectivity index (χ4v) is 7.90. The first kappa shape index (κ1) is 32.6. The number of benzene rings is 5. The molecule has 0 spiro atoms. The van der Waals surface area contributed by atoms with Crippen molar-refractivity contribution in [3.63, 3.8) is 0 Å². The van der Waals surface area contributed by atoms with Crippen LogP contribution in [0.4, 0.5) is 4.79 Å². The van der Waals surface area contributed by atoms with Gasteiger partial charge in [-0.05, 0) is 38.9 Å². The summed E-state index contributed by atoms with van der Waals surface area (Å²) in [5.41, 5.74) is 7.48. The Morgan fingerprint density at radius 1 is 0.688 bits per heavy atom. The first-order valence-electron chi connectivity index (χ1n) is 15.9. The molecule has 0 bridgehead atoms. The Hall–Kier alpha value is -5.34. The number of carbonyl (C=O) groups is 3. The maximum atomic E-state index is 12.9. The lowest BCUT2D eigenvalue weighted by molar-refractivity contribution is -0.141. The van der Waals surface area contributed by atoms with E-state index in [1.165, 1.54) is 11.8 Å². The number of ether oxygens (including phenoxy) is 1. The predicted octanol–water partition coefficient (Wildman–Crippen LogP) is 7.21. The number of nitrogens with one attached hydrogen (secondary N) is 2. The highest BCUT2D eigenvalue weighted by molar-refractivity contribution is 8.00. The minimum atomic E-state index is -1.16. The van der Waals surface area contributed by atoms with Crippen LogP contribution in [-0.4, -0.2) is 48.0 Å². The van der Waals surface area contributed by atoms with Gasteiger partial charge in [0, 0.05) is 24.6 Å². The van der Waals surface area contributed by atoms with Gasteiger partial charge in [-0.25, -0.2) is 9.59 Å². The monoisotopic (exact) mass is 656 g/mol. The van der Waals surface area contributed by atoms with Crippen LogP contribution in [0.3, 0.4) is 0 Å². The fourth-order valence-electron chi connectivity index (χ4n) is 6.35. The molecule has 0 radical (unpaired) electrons. The van der Waals surface area contributed by atoms with Crippen molar-refractivity contribution in [2.45, 2.75) is 23.1 Å². The summed E-state index contributed by atoms with van der Waals surface area (Å²) in [5, 5.41) is 15.4. The van der Waals surface area contributed by atoms with E-state index in [-0.39, 0.29) is 31.2 Å². The summed E-state index contributed by atoms with van der Waals surface area (Å²) in [6.07, 6.45) is -0.729. The highest BCUT2D eigenvalue weighted by Crippen LogP contribution is 2.48. The molecule has 1 aliphatic carbocycles. The standard InChI is InChI=1S/C40H36N2O5S/c43-37(24-25-41-39(46)47-26-35-33-22-12-10-20-31(33)32-21-11-13-23-34(32)35)42-36(38(44)45)27-48-40(28-14-4-1-5-15-28,29-16-6-2-7-17-29)30-18-8-3-9-19-30/h1-23,35-36H,24-27H2,(H,41,46)(H,42,43)(H,44,45)/t36-/m0/s1. The van der Waals surface area contributed by atoms with Gasteiger partial charge in [0.25, 0.3) is 0 Å². The second-order valence-electron chi connectivity index (χ2n) is 11.6. The molecular weight excluding hydrogens is 621 g/mol. The first-order chi connectivity index (χ1) is 23.5. The summed E-state index contributed by atoms with van der Waals surface area (Å²) in [6.45, 7) is 0.167. The molecule has 5 aromatic carbocycles. The summed E-state index contributed by atoms with van der Waals surface area (Å²) in [7, 11) is 0. The Kier molecular flexibility index (Phi) is 10.2. The van der Waals surface area contributed by atoms with Crippen LogP contribution in [0.5, 0.6) is 0 Å². The van der Waals surface area contributed by atoms with Crippen LogP contribution in [0.2, 0.25) is 0 Å². The molecule has 3 N–H and O–H groups in total.